The lowest BCUT2D eigenvalue weighted by molar-refractivity contribution is 0.0518. The molecule has 1 aliphatic rings. The van der Waals surface area contributed by atoms with Gasteiger partial charge >= 0.3 is 0 Å². The van der Waals surface area contributed by atoms with Crippen LogP contribution in [0, 0.1) is 0 Å². The highest BCUT2D eigenvalue weighted by Gasteiger charge is 2.30. The normalized spacial score (nSPS) is 18.4. The average molecular weight is 350 g/mol. The largest absolute Gasteiger partial charge is 0.463 e. The Balaban J connectivity index is 1.80. The highest BCUT2D eigenvalue weighted by Crippen LogP contribution is 2.27. The van der Waals surface area contributed by atoms with Crippen molar-refractivity contribution in [2.24, 2.45) is 5.73 Å². The number of piperazine rings is 1. The van der Waals surface area contributed by atoms with Crippen molar-refractivity contribution in [1.82, 2.24) is 14.8 Å². The van der Waals surface area contributed by atoms with E-state index in [0.29, 0.717) is 30.1 Å². The molecule has 0 saturated carbocycles. The molecular formula is C20H22N4O2. The van der Waals surface area contributed by atoms with E-state index in [9.17, 15) is 4.79 Å². The van der Waals surface area contributed by atoms with Crippen molar-refractivity contribution in [2.45, 2.75) is 6.04 Å². The van der Waals surface area contributed by atoms with Crippen LogP contribution in [0.4, 0.5) is 0 Å². The van der Waals surface area contributed by atoms with Crippen LogP contribution in [0.25, 0.3) is 22.4 Å². The number of para-hydroxylation sites is 1. The number of pyridine rings is 1. The quantitative estimate of drug-likeness (QED) is 0.784. The standard InChI is InChI=1S/C20H22N4O2/c1-23-8-9-24(14(12-21)13-23)20(25)16-11-18(19-7-4-10-26-19)22-17-6-3-2-5-15(16)17/h2-7,10-11,14H,8-9,12-13,21H2,1H3. The fourth-order valence-electron chi connectivity index (χ4n) is 3.54. The van der Waals surface area contributed by atoms with Crippen molar-refractivity contribution in [1.29, 1.82) is 0 Å². The Bertz CT molecular complexity index is 923. The van der Waals surface area contributed by atoms with Gasteiger partial charge in [-0.05, 0) is 31.3 Å². The van der Waals surface area contributed by atoms with Crippen molar-refractivity contribution in [3.05, 3.63) is 54.3 Å². The van der Waals surface area contributed by atoms with E-state index in [2.05, 4.69) is 16.9 Å². The molecule has 0 spiro atoms. The summed E-state index contributed by atoms with van der Waals surface area (Å²) in [6.07, 6.45) is 1.61. The van der Waals surface area contributed by atoms with Gasteiger partial charge < -0.3 is 20.0 Å². The molecule has 2 aromatic heterocycles. The fraction of sp³-hybridized carbons (Fsp3) is 0.300. The third-order valence-electron chi connectivity index (χ3n) is 4.94. The molecule has 6 heteroatoms. The van der Waals surface area contributed by atoms with E-state index in [1.807, 2.05) is 47.4 Å². The first-order valence-electron chi connectivity index (χ1n) is 8.80. The maximum absolute atomic E-state index is 13.4. The van der Waals surface area contributed by atoms with Crippen LogP contribution in [0.2, 0.25) is 0 Å². The summed E-state index contributed by atoms with van der Waals surface area (Å²) in [4.78, 5) is 22.2. The number of nitrogens with zero attached hydrogens (tertiary/aromatic N) is 3. The summed E-state index contributed by atoms with van der Waals surface area (Å²) < 4.78 is 5.49. The van der Waals surface area contributed by atoms with Crippen molar-refractivity contribution in [3.8, 4) is 11.5 Å². The maximum atomic E-state index is 13.4. The average Bonchev–Trinajstić information content (AvgIpc) is 3.21. The molecule has 3 heterocycles. The first-order valence-corrected chi connectivity index (χ1v) is 8.80. The lowest BCUT2D eigenvalue weighted by atomic mass is 10.0. The number of carbonyl (C=O) groups excluding carboxylic acids is 1. The predicted molar refractivity (Wildman–Crippen MR) is 101 cm³/mol. The van der Waals surface area contributed by atoms with Crippen LogP contribution in [-0.2, 0) is 0 Å². The monoisotopic (exact) mass is 350 g/mol. The van der Waals surface area contributed by atoms with Gasteiger partial charge in [-0.25, -0.2) is 4.98 Å². The minimum Gasteiger partial charge on any atom is -0.463 e. The minimum atomic E-state index is -0.0000406. The zero-order valence-electron chi connectivity index (χ0n) is 14.8. The van der Waals surface area contributed by atoms with Crippen LogP contribution in [0.3, 0.4) is 0 Å². The van der Waals surface area contributed by atoms with E-state index in [4.69, 9.17) is 10.2 Å². The predicted octanol–water partition coefficient (Wildman–Crippen LogP) is 2.21. The lowest BCUT2D eigenvalue weighted by Crippen LogP contribution is -2.56. The van der Waals surface area contributed by atoms with Gasteiger partial charge in [0.05, 0.1) is 23.4 Å². The van der Waals surface area contributed by atoms with E-state index >= 15 is 0 Å². The minimum absolute atomic E-state index is 0.0000406. The lowest BCUT2D eigenvalue weighted by Gasteiger charge is -2.39. The van der Waals surface area contributed by atoms with E-state index in [1.54, 1.807) is 6.26 Å². The number of rotatable bonds is 3. The van der Waals surface area contributed by atoms with Crippen LogP contribution in [0.15, 0.2) is 53.1 Å². The van der Waals surface area contributed by atoms with Gasteiger partial charge in [0.15, 0.2) is 5.76 Å². The van der Waals surface area contributed by atoms with Crippen LogP contribution < -0.4 is 5.73 Å². The molecule has 1 saturated heterocycles. The number of furan rings is 1. The van der Waals surface area contributed by atoms with Gasteiger partial charge in [0.25, 0.3) is 5.91 Å². The zero-order chi connectivity index (χ0) is 18.1. The summed E-state index contributed by atoms with van der Waals surface area (Å²) in [5.41, 5.74) is 8.03. The summed E-state index contributed by atoms with van der Waals surface area (Å²) >= 11 is 0. The molecule has 1 amide bonds. The second kappa shape index (κ2) is 6.90. The number of benzene rings is 1. The molecule has 6 nitrogen and oxygen atoms in total. The molecule has 134 valence electrons. The van der Waals surface area contributed by atoms with Gasteiger partial charge in [0.1, 0.15) is 5.69 Å². The Morgan fingerprint density at radius 2 is 2.12 bits per heavy atom. The second-order valence-corrected chi connectivity index (χ2v) is 6.70. The molecule has 1 unspecified atom stereocenters. The zero-order valence-corrected chi connectivity index (χ0v) is 14.8. The molecule has 3 aromatic rings. The van der Waals surface area contributed by atoms with Gasteiger partial charge in [-0.1, -0.05) is 18.2 Å². The molecule has 26 heavy (non-hydrogen) atoms. The number of amides is 1. The Morgan fingerprint density at radius 3 is 2.88 bits per heavy atom. The highest BCUT2D eigenvalue weighted by molar-refractivity contribution is 6.07. The number of fused-ring (bicyclic) bond motifs is 1. The van der Waals surface area contributed by atoms with Crippen molar-refractivity contribution < 1.29 is 9.21 Å². The molecular weight excluding hydrogens is 328 g/mol. The molecule has 4 rings (SSSR count). The SMILES string of the molecule is CN1CCN(C(=O)c2cc(-c3ccco3)nc3ccccc23)C(CN)C1. The highest BCUT2D eigenvalue weighted by atomic mass is 16.3. The molecule has 1 atom stereocenters. The van der Waals surface area contributed by atoms with E-state index in [0.717, 1.165) is 24.0 Å². The Labute approximate surface area is 152 Å². The molecule has 0 bridgehead atoms. The van der Waals surface area contributed by atoms with Crippen LogP contribution in [-0.4, -0.2) is 60.0 Å². The number of carbonyl (C=O) groups is 1. The second-order valence-electron chi connectivity index (χ2n) is 6.70. The molecule has 0 radical (unpaired) electrons. The Morgan fingerprint density at radius 1 is 1.27 bits per heavy atom. The fourth-order valence-corrected chi connectivity index (χ4v) is 3.54. The number of nitrogens with two attached hydrogens (primary N) is 1. The van der Waals surface area contributed by atoms with Crippen LogP contribution >= 0.6 is 0 Å². The summed E-state index contributed by atoms with van der Waals surface area (Å²) in [6, 6.07) is 13.2. The third-order valence-corrected chi connectivity index (χ3v) is 4.94. The van der Waals surface area contributed by atoms with Gasteiger partial charge in [0, 0.05) is 31.6 Å². The molecule has 1 aromatic carbocycles. The molecule has 2 N–H and O–H groups in total. The summed E-state index contributed by atoms with van der Waals surface area (Å²) in [5.74, 6) is 0.651. The van der Waals surface area contributed by atoms with Crippen molar-refractivity contribution in [2.75, 3.05) is 33.2 Å². The third kappa shape index (κ3) is 2.98. The molecule has 1 fully saturated rings. The Hall–Kier alpha value is -2.70. The summed E-state index contributed by atoms with van der Waals surface area (Å²) in [7, 11) is 2.06. The van der Waals surface area contributed by atoms with E-state index < -0.39 is 0 Å². The topological polar surface area (TPSA) is 75.6 Å². The number of likely N-dealkylation sites (N-methyl/N-ethyl adjacent to an activating group) is 1. The summed E-state index contributed by atoms with van der Waals surface area (Å²) in [6.45, 7) is 2.75. The van der Waals surface area contributed by atoms with Gasteiger partial charge in [-0.3, -0.25) is 4.79 Å². The number of aromatic nitrogens is 1. The first-order chi connectivity index (χ1) is 12.7. The van der Waals surface area contributed by atoms with Gasteiger partial charge in [0.2, 0.25) is 0 Å². The maximum Gasteiger partial charge on any atom is 0.255 e. The molecule has 0 aliphatic carbocycles. The Kier molecular flexibility index (Phi) is 4.44. The smallest absolute Gasteiger partial charge is 0.255 e. The van der Waals surface area contributed by atoms with Crippen LogP contribution in [0.1, 0.15) is 10.4 Å². The van der Waals surface area contributed by atoms with Crippen molar-refractivity contribution in [3.63, 3.8) is 0 Å². The van der Waals surface area contributed by atoms with Crippen molar-refractivity contribution >= 4 is 16.8 Å². The van der Waals surface area contributed by atoms with E-state index in [1.165, 1.54) is 0 Å². The summed E-state index contributed by atoms with van der Waals surface area (Å²) in [5, 5.41) is 0.850. The first kappa shape index (κ1) is 16.8. The number of hydrogen-bond acceptors (Lipinski definition) is 5. The molecule has 1 aliphatic heterocycles. The number of hydrogen-bond donors (Lipinski definition) is 1. The van der Waals surface area contributed by atoms with Gasteiger partial charge in [-0.2, -0.15) is 0 Å². The van der Waals surface area contributed by atoms with E-state index in [-0.39, 0.29) is 11.9 Å². The van der Waals surface area contributed by atoms with Gasteiger partial charge in [-0.15, -0.1) is 0 Å². The van der Waals surface area contributed by atoms with Crippen LogP contribution in [0.5, 0.6) is 0 Å².